The molecule has 1 heterocycles. The van der Waals surface area contributed by atoms with Crippen LogP contribution in [0, 0.1) is 13.8 Å². The summed E-state index contributed by atoms with van der Waals surface area (Å²) in [5.74, 6) is 0.567. The standard InChI is InChI=1S/C16H23ClN2/c1-13(11-17)12-18-7-9-19(10-8-18)16-6-4-5-14(2)15(16)3/h4-6H,1,7-12H2,2-3H3. The number of hydrogen-bond acceptors (Lipinski definition) is 2. The quantitative estimate of drug-likeness (QED) is 0.616. The fourth-order valence-electron chi connectivity index (χ4n) is 2.58. The minimum atomic E-state index is 0.567. The van der Waals surface area contributed by atoms with Crippen molar-refractivity contribution < 1.29 is 0 Å². The number of aryl methyl sites for hydroxylation is 1. The molecule has 0 N–H and O–H groups in total. The largest absolute Gasteiger partial charge is 0.369 e. The Morgan fingerprint density at radius 3 is 2.53 bits per heavy atom. The lowest BCUT2D eigenvalue weighted by atomic mass is 10.1. The molecular formula is C16H23ClN2. The highest BCUT2D eigenvalue weighted by atomic mass is 35.5. The molecule has 1 fully saturated rings. The molecule has 1 aliphatic rings. The van der Waals surface area contributed by atoms with Crippen molar-refractivity contribution in [3.63, 3.8) is 0 Å². The van der Waals surface area contributed by atoms with Crippen molar-refractivity contribution in [3.05, 3.63) is 41.5 Å². The third-order valence-corrected chi connectivity index (χ3v) is 4.30. The number of halogens is 1. The first-order valence-electron chi connectivity index (χ1n) is 6.88. The molecule has 1 saturated heterocycles. The molecule has 0 amide bonds. The van der Waals surface area contributed by atoms with Gasteiger partial charge in [-0.25, -0.2) is 0 Å². The van der Waals surface area contributed by atoms with Crippen LogP contribution in [0.3, 0.4) is 0 Å². The van der Waals surface area contributed by atoms with Crippen molar-refractivity contribution in [2.45, 2.75) is 13.8 Å². The van der Waals surface area contributed by atoms with Crippen LogP contribution in [0.5, 0.6) is 0 Å². The second-order valence-corrected chi connectivity index (χ2v) is 5.63. The van der Waals surface area contributed by atoms with Crippen LogP contribution in [0.4, 0.5) is 5.69 Å². The lowest BCUT2D eigenvalue weighted by Gasteiger charge is -2.37. The SMILES string of the molecule is C=C(CCl)CN1CCN(c2cccc(C)c2C)CC1. The molecular weight excluding hydrogens is 256 g/mol. The lowest BCUT2D eigenvalue weighted by molar-refractivity contribution is 0.278. The van der Waals surface area contributed by atoms with Crippen LogP contribution in [0.1, 0.15) is 11.1 Å². The summed E-state index contributed by atoms with van der Waals surface area (Å²) < 4.78 is 0. The van der Waals surface area contributed by atoms with Crippen LogP contribution < -0.4 is 4.90 Å². The van der Waals surface area contributed by atoms with Gasteiger partial charge < -0.3 is 4.90 Å². The van der Waals surface area contributed by atoms with E-state index in [0.717, 1.165) is 38.3 Å². The molecule has 0 unspecified atom stereocenters. The molecule has 0 aromatic heterocycles. The smallest absolute Gasteiger partial charge is 0.0443 e. The van der Waals surface area contributed by atoms with E-state index < -0.39 is 0 Å². The number of alkyl halides is 1. The highest BCUT2D eigenvalue weighted by Gasteiger charge is 2.18. The molecule has 19 heavy (non-hydrogen) atoms. The lowest BCUT2D eigenvalue weighted by Crippen LogP contribution is -2.47. The number of piperazine rings is 1. The summed E-state index contributed by atoms with van der Waals surface area (Å²) in [5, 5.41) is 0. The average Bonchev–Trinajstić information content (AvgIpc) is 2.43. The molecule has 1 aromatic carbocycles. The summed E-state index contributed by atoms with van der Waals surface area (Å²) in [4.78, 5) is 4.93. The van der Waals surface area contributed by atoms with Gasteiger partial charge in [-0.05, 0) is 36.6 Å². The Morgan fingerprint density at radius 1 is 1.21 bits per heavy atom. The summed E-state index contributed by atoms with van der Waals surface area (Å²) in [5.41, 5.74) is 5.27. The zero-order chi connectivity index (χ0) is 13.8. The topological polar surface area (TPSA) is 6.48 Å². The minimum absolute atomic E-state index is 0.567. The highest BCUT2D eigenvalue weighted by Crippen LogP contribution is 2.23. The van der Waals surface area contributed by atoms with Gasteiger partial charge in [0.25, 0.3) is 0 Å². The number of nitrogens with zero attached hydrogens (tertiary/aromatic N) is 2. The molecule has 0 saturated carbocycles. The highest BCUT2D eigenvalue weighted by molar-refractivity contribution is 6.19. The summed E-state index contributed by atoms with van der Waals surface area (Å²) in [6.45, 7) is 13.7. The third kappa shape index (κ3) is 3.52. The van der Waals surface area contributed by atoms with E-state index in [0.29, 0.717) is 5.88 Å². The van der Waals surface area contributed by atoms with Gasteiger partial charge in [0, 0.05) is 44.3 Å². The summed E-state index contributed by atoms with van der Waals surface area (Å²) >= 11 is 5.80. The Morgan fingerprint density at radius 2 is 1.89 bits per heavy atom. The maximum Gasteiger partial charge on any atom is 0.0443 e. The zero-order valence-corrected chi connectivity index (χ0v) is 12.7. The van der Waals surface area contributed by atoms with E-state index in [1.54, 1.807) is 0 Å². The molecule has 0 spiro atoms. The predicted molar refractivity (Wildman–Crippen MR) is 84.4 cm³/mol. The van der Waals surface area contributed by atoms with Crippen molar-refractivity contribution in [2.24, 2.45) is 0 Å². The zero-order valence-electron chi connectivity index (χ0n) is 12.0. The van der Waals surface area contributed by atoms with Gasteiger partial charge in [0.15, 0.2) is 0 Å². The molecule has 104 valence electrons. The molecule has 0 atom stereocenters. The molecule has 0 radical (unpaired) electrons. The number of hydrogen-bond donors (Lipinski definition) is 0. The van der Waals surface area contributed by atoms with Crippen molar-refractivity contribution in [2.75, 3.05) is 43.5 Å². The van der Waals surface area contributed by atoms with Crippen LogP contribution in [0.25, 0.3) is 0 Å². The van der Waals surface area contributed by atoms with E-state index in [2.05, 4.69) is 48.4 Å². The fraction of sp³-hybridized carbons (Fsp3) is 0.500. The van der Waals surface area contributed by atoms with Crippen molar-refractivity contribution >= 4 is 17.3 Å². The average molecular weight is 279 g/mol. The maximum atomic E-state index is 5.80. The minimum Gasteiger partial charge on any atom is -0.369 e. The van der Waals surface area contributed by atoms with Gasteiger partial charge in [-0.3, -0.25) is 4.90 Å². The van der Waals surface area contributed by atoms with E-state index in [1.807, 2.05) is 0 Å². The van der Waals surface area contributed by atoms with Gasteiger partial charge in [0.2, 0.25) is 0 Å². The Labute approximate surface area is 121 Å². The predicted octanol–water partition coefficient (Wildman–Crippen LogP) is 3.22. The fourth-order valence-corrected chi connectivity index (χ4v) is 2.67. The molecule has 0 bridgehead atoms. The summed E-state index contributed by atoms with van der Waals surface area (Å²) in [6, 6.07) is 6.56. The first-order chi connectivity index (χ1) is 9.11. The van der Waals surface area contributed by atoms with E-state index >= 15 is 0 Å². The molecule has 1 aliphatic heterocycles. The van der Waals surface area contributed by atoms with Crippen LogP contribution in [0.15, 0.2) is 30.4 Å². The van der Waals surface area contributed by atoms with Gasteiger partial charge in [0.05, 0.1) is 0 Å². The Hall–Kier alpha value is -0.990. The Kier molecular flexibility index (Phi) is 4.89. The van der Waals surface area contributed by atoms with Crippen molar-refractivity contribution in [1.29, 1.82) is 0 Å². The molecule has 1 aromatic rings. The molecule has 0 aliphatic carbocycles. The van der Waals surface area contributed by atoms with Crippen LogP contribution in [0.2, 0.25) is 0 Å². The van der Waals surface area contributed by atoms with Gasteiger partial charge in [-0.2, -0.15) is 0 Å². The normalized spacial score (nSPS) is 16.7. The van der Waals surface area contributed by atoms with E-state index in [4.69, 9.17) is 11.6 Å². The molecule has 2 nitrogen and oxygen atoms in total. The maximum absolute atomic E-state index is 5.80. The first-order valence-corrected chi connectivity index (χ1v) is 7.41. The van der Waals surface area contributed by atoms with Crippen molar-refractivity contribution in [3.8, 4) is 0 Å². The van der Waals surface area contributed by atoms with Gasteiger partial charge in [0.1, 0.15) is 0 Å². The Bertz CT molecular complexity index is 448. The number of anilines is 1. The molecule has 2 rings (SSSR count). The van der Waals surface area contributed by atoms with E-state index in [-0.39, 0.29) is 0 Å². The van der Waals surface area contributed by atoms with E-state index in [9.17, 15) is 0 Å². The van der Waals surface area contributed by atoms with Gasteiger partial charge in [-0.1, -0.05) is 18.7 Å². The van der Waals surface area contributed by atoms with Gasteiger partial charge >= 0.3 is 0 Å². The van der Waals surface area contributed by atoms with Gasteiger partial charge in [-0.15, -0.1) is 11.6 Å². The number of rotatable bonds is 4. The molecule has 3 heteroatoms. The number of benzene rings is 1. The third-order valence-electron chi connectivity index (χ3n) is 3.93. The van der Waals surface area contributed by atoms with Crippen LogP contribution in [-0.2, 0) is 0 Å². The van der Waals surface area contributed by atoms with E-state index in [1.165, 1.54) is 16.8 Å². The summed E-state index contributed by atoms with van der Waals surface area (Å²) in [6.07, 6.45) is 0. The monoisotopic (exact) mass is 278 g/mol. The first kappa shape index (κ1) is 14.4. The van der Waals surface area contributed by atoms with Crippen molar-refractivity contribution in [1.82, 2.24) is 4.90 Å². The Balaban J connectivity index is 1.96. The van der Waals surface area contributed by atoms with Crippen LogP contribution >= 0.6 is 11.6 Å². The second kappa shape index (κ2) is 6.44. The summed E-state index contributed by atoms with van der Waals surface area (Å²) in [7, 11) is 0. The van der Waals surface area contributed by atoms with Crippen LogP contribution in [-0.4, -0.2) is 43.5 Å². The second-order valence-electron chi connectivity index (χ2n) is 5.37.